The molecule has 6 heteroatoms. The highest BCUT2D eigenvalue weighted by molar-refractivity contribution is 9.10. The fourth-order valence-electron chi connectivity index (χ4n) is 3.88. The molecule has 0 bridgehead atoms. The van der Waals surface area contributed by atoms with Gasteiger partial charge in [-0.05, 0) is 74.6 Å². The Morgan fingerprint density at radius 3 is 2.46 bits per heavy atom. The van der Waals surface area contributed by atoms with Gasteiger partial charge < -0.3 is 4.74 Å². The summed E-state index contributed by atoms with van der Waals surface area (Å²) in [4.78, 5) is 15.3. The first-order chi connectivity index (χ1) is 17.0. The van der Waals surface area contributed by atoms with Crippen LogP contribution in [-0.4, -0.2) is 15.1 Å². The largest absolute Gasteiger partial charge is 0.488 e. The zero-order valence-corrected chi connectivity index (χ0v) is 22.3. The second kappa shape index (κ2) is 10.4. The van der Waals surface area contributed by atoms with E-state index in [1.165, 1.54) is 28.1 Å². The lowest BCUT2D eigenvalue weighted by molar-refractivity contribution is -0.122. The Morgan fingerprint density at radius 2 is 1.69 bits per heavy atom. The number of ether oxygens (including phenoxy) is 1. The molecule has 4 aromatic carbocycles. The number of thiocarbonyl (C=S) groups is 1. The van der Waals surface area contributed by atoms with Crippen molar-refractivity contribution in [2.75, 3.05) is 0 Å². The standard InChI is InChI=1S/C29H22BrNO2S2/c1-19-6-8-20(9-7-19)17-31-28(32)27(35-29(31)34)16-21-11-13-26(25(30)15-21)33-18-22-10-12-23-4-2-3-5-24(23)14-22/h2-16H,17-18H2,1H3/b27-16-. The number of amides is 1. The molecule has 1 amide bonds. The van der Waals surface area contributed by atoms with E-state index in [0.717, 1.165) is 26.9 Å². The van der Waals surface area contributed by atoms with Gasteiger partial charge in [-0.25, -0.2) is 0 Å². The van der Waals surface area contributed by atoms with Crippen LogP contribution >= 0.6 is 39.9 Å². The number of rotatable bonds is 6. The van der Waals surface area contributed by atoms with Crippen LogP contribution in [0.5, 0.6) is 5.75 Å². The summed E-state index contributed by atoms with van der Waals surface area (Å²) < 4.78 is 7.47. The lowest BCUT2D eigenvalue weighted by atomic mass is 10.1. The van der Waals surface area contributed by atoms with Crippen LogP contribution < -0.4 is 4.74 Å². The number of aryl methyl sites for hydroxylation is 1. The molecule has 0 N–H and O–H groups in total. The van der Waals surface area contributed by atoms with Crippen molar-refractivity contribution >= 4 is 67.0 Å². The Balaban J connectivity index is 1.27. The Bertz CT molecular complexity index is 1460. The van der Waals surface area contributed by atoms with Crippen molar-refractivity contribution in [2.45, 2.75) is 20.1 Å². The number of carbonyl (C=O) groups excluding carboxylic acids is 1. The predicted octanol–water partition coefficient (Wildman–Crippen LogP) is 7.89. The first-order valence-corrected chi connectivity index (χ1v) is 13.2. The van der Waals surface area contributed by atoms with Crippen molar-refractivity contribution in [1.82, 2.24) is 4.90 Å². The van der Waals surface area contributed by atoms with Crippen LogP contribution in [-0.2, 0) is 17.9 Å². The van der Waals surface area contributed by atoms with Crippen molar-refractivity contribution < 1.29 is 9.53 Å². The molecule has 0 saturated carbocycles. The molecule has 0 spiro atoms. The van der Waals surface area contributed by atoms with Gasteiger partial charge in [0.1, 0.15) is 16.7 Å². The van der Waals surface area contributed by atoms with Crippen LogP contribution in [0.1, 0.15) is 22.3 Å². The van der Waals surface area contributed by atoms with Crippen LogP contribution in [0.3, 0.4) is 0 Å². The predicted molar refractivity (Wildman–Crippen MR) is 152 cm³/mol. The van der Waals surface area contributed by atoms with E-state index in [1.54, 1.807) is 4.90 Å². The minimum Gasteiger partial charge on any atom is -0.488 e. The number of thioether (sulfide) groups is 1. The van der Waals surface area contributed by atoms with Crippen molar-refractivity contribution in [1.29, 1.82) is 0 Å². The molecule has 0 aliphatic carbocycles. The molecule has 1 heterocycles. The van der Waals surface area contributed by atoms with Gasteiger partial charge >= 0.3 is 0 Å². The Hall–Kier alpha value is -2.93. The zero-order valence-electron chi connectivity index (χ0n) is 19.0. The summed E-state index contributed by atoms with van der Waals surface area (Å²) in [6.45, 7) is 3.00. The molecule has 1 fully saturated rings. The molecule has 4 aromatic rings. The van der Waals surface area contributed by atoms with E-state index >= 15 is 0 Å². The average Bonchev–Trinajstić information content (AvgIpc) is 3.12. The normalized spacial score (nSPS) is 14.8. The molecule has 35 heavy (non-hydrogen) atoms. The smallest absolute Gasteiger partial charge is 0.266 e. The lowest BCUT2D eigenvalue weighted by Gasteiger charge is -2.14. The minimum absolute atomic E-state index is 0.0617. The van der Waals surface area contributed by atoms with Gasteiger partial charge in [0.25, 0.3) is 5.91 Å². The molecule has 1 saturated heterocycles. The van der Waals surface area contributed by atoms with Gasteiger partial charge in [0, 0.05) is 0 Å². The lowest BCUT2D eigenvalue weighted by Crippen LogP contribution is -2.27. The van der Waals surface area contributed by atoms with Gasteiger partial charge in [-0.3, -0.25) is 9.69 Å². The van der Waals surface area contributed by atoms with E-state index in [-0.39, 0.29) is 5.91 Å². The summed E-state index contributed by atoms with van der Waals surface area (Å²) in [6, 6.07) is 28.6. The number of carbonyl (C=O) groups is 1. The fourth-order valence-corrected chi connectivity index (χ4v) is 5.64. The third kappa shape index (κ3) is 5.50. The molecule has 0 unspecified atom stereocenters. The van der Waals surface area contributed by atoms with Crippen molar-refractivity contribution in [2.24, 2.45) is 0 Å². The van der Waals surface area contributed by atoms with Crippen molar-refractivity contribution in [3.05, 3.63) is 117 Å². The highest BCUT2D eigenvalue weighted by Gasteiger charge is 2.32. The molecule has 0 radical (unpaired) electrons. The Morgan fingerprint density at radius 1 is 0.943 bits per heavy atom. The maximum absolute atomic E-state index is 13.0. The first kappa shape index (κ1) is 23.8. The number of fused-ring (bicyclic) bond motifs is 1. The van der Waals surface area contributed by atoms with Gasteiger partial charge in [0.05, 0.1) is 15.9 Å². The number of hydrogen-bond acceptors (Lipinski definition) is 4. The van der Waals surface area contributed by atoms with Gasteiger partial charge in [-0.1, -0.05) is 96.3 Å². The summed E-state index contributed by atoms with van der Waals surface area (Å²) in [7, 11) is 0. The third-order valence-corrected chi connectivity index (χ3v) is 7.79. The third-order valence-electron chi connectivity index (χ3n) is 5.80. The van der Waals surface area contributed by atoms with Crippen LogP contribution in [0.2, 0.25) is 0 Å². The molecule has 0 aromatic heterocycles. The Kier molecular flexibility index (Phi) is 7.04. The fraction of sp³-hybridized carbons (Fsp3) is 0.103. The second-order valence-electron chi connectivity index (χ2n) is 8.41. The molecular weight excluding hydrogens is 538 g/mol. The monoisotopic (exact) mass is 559 g/mol. The van der Waals surface area contributed by atoms with Gasteiger partial charge in [-0.2, -0.15) is 0 Å². The highest BCUT2D eigenvalue weighted by atomic mass is 79.9. The van der Waals surface area contributed by atoms with Gasteiger partial charge in [0.15, 0.2) is 0 Å². The summed E-state index contributed by atoms with van der Waals surface area (Å²) in [6.07, 6.45) is 1.88. The molecule has 3 nitrogen and oxygen atoms in total. The molecule has 0 atom stereocenters. The number of nitrogens with zero attached hydrogens (tertiary/aromatic N) is 1. The maximum atomic E-state index is 13.0. The first-order valence-electron chi connectivity index (χ1n) is 11.2. The molecule has 1 aliphatic heterocycles. The SMILES string of the molecule is Cc1ccc(CN2C(=O)/C(=C/c3ccc(OCc4ccc5ccccc5c4)c(Br)c3)SC2=S)cc1. The van der Waals surface area contributed by atoms with Crippen LogP contribution in [0.4, 0.5) is 0 Å². The summed E-state index contributed by atoms with van der Waals surface area (Å²) >= 11 is 10.4. The number of benzene rings is 4. The van der Waals surface area contributed by atoms with Crippen molar-refractivity contribution in [3.63, 3.8) is 0 Å². The quantitative estimate of drug-likeness (QED) is 0.177. The van der Waals surface area contributed by atoms with Crippen LogP contribution in [0.15, 0.2) is 94.3 Å². The zero-order chi connectivity index (χ0) is 24.4. The summed E-state index contributed by atoms with van der Waals surface area (Å²) in [5.41, 5.74) is 4.26. The number of halogens is 1. The van der Waals surface area contributed by atoms with E-state index in [1.807, 2.05) is 67.6 Å². The highest BCUT2D eigenvalue weighted by Crippen LogP contribution is 2.35. The van der Waals surface area contributed by atoms with Crippen LogP contribution in [0, 0.1) is 6.92 Å². The summed E-state index contributed by atoms with van der Waals surface area (Å²) in [5.74, 6) is 0.690. The summed E-state index contributed by atoms with van der Waals surface area (Å²) in [5, 5.41) is 2.41. The van der Waals surface area contributed by atoms with E-state index in [2.05, 4.69) is 46.3 Å². The van der Waals surface area contributed by atoms with Gasteiger partial charge in [-0.15, -0.1) is 0 Å². The molecule has 1 aliphatic rings. The van der Waals surface area contributed by atoms with E-state index in [4.69, 9.17) is 17.0 Å². The number of hydrogen-bond donors (Lipinski definition) is 0. The second-order valence-corrected chi connectivity index (χ2v) is 10.9. The molecular formula is C29H22BrNO2S2. The average molecular weight is 561 g/mol. The van der Waals surface area contributed by atoms with Crippen LogP contribution in [0.25, 0.3) is 16.8 Å². The topological polar surface area (TPSA) is 29.5 Å². The molecule has 174 valence electrons. The van der Waals surface area contributed by atoms with Gasteiger partial charge in [0.2, 0.25) is 0 Å². The van der Waals surface area contributed by atoms with E-state index in [0.29, 0.717) is 22.4 Å². The Labute approximate surface area is 222 Å². The molecule has 5 rings (SSSR count). The van der Waals surface area contributed by atoms with E-state index in [9.17, 15) is 4.79 Å². The van der Waals surface area contributed by atoms with Crippen molar-refractivity contribution in [3.8, 4) is 5.75 Å². The minimum atomic E-state index is -0.0617. The maximum Gasteiger partial charge on any atom is 0.266 e. The van der Waals surface area contributed by atoms with E-state index < -0.39 is 0 Å².